The van der Waals surface area contributed by atoms with Gasteiger partial charge in [-0.1, -0.05) is 44.0 Å². The van der Waals surface area contributed by atoms with Gasteiger partial charge in [0.25, 0.3) is 0 Å². The first-order valence-corrected chi connectivity index (χ1v) is 10.4. The predicted octanol–water partition coefficient (Wildman–Crippen LogP) is 3.89. The molecular formula is C22H30N4O. The summed E-state index contributed by atoms with van der Waals surface area (Å²) in [6.07, 6.45) is 7.05. The minimum Gasteiger partial charge on any atom is -0.342 e. The molecule has 5 nitrogen and oxygen atoms in total. The van der Waals surface area contributed by atoms with Crippen molar-refractivity contribution < 1.29 is 4.79 Å². The third-order valence-corrected chi connectivity index (χ3v) is 6.56. The van der Waals surface area contributed by atoms with E-state index in [0.29, 0.717) is 11.8 Å². The first kappa shape index (κ1) is 18.2. The van der Waals surface area contributed by atoms with Gasteiger partial charge in [0, 0.05) is 25.4 Å². The second-order valence-corrected chi connectivity index (χ2v) is 8.16. The van der Waals surface area contributed by atoms with Crippen molar-refractivity contribution in [2.45, 2.75) is 70.1 Å². The lowest BCUT2D eigenvalue weighted by molar-refractivity contribution is -0.138. The molecule has 2 aliphatic rings. The number of hydrogen-bond donors (Lipinski definition) is 1. The van der Waals surface area contributed by atoms with Gasteiger partial charge in [0.15, 0.2) is 5.82 Å². The number of piperidine rings is 1. The molecule has 4 rings (SSSR count). The van der Waals surface area contributed by atoms with Crippen LogP contribution in [0.25, 0.3) is 0 Å². The predicted molar refractivity (Wildman–Crippen MR) is 106 cm³/mol. The second-order valence-electron chi connectivity index (χ2n) is 8.16. The van der Waals surface area contributed by atoms with Gasteiger partial charge in [-0.25, -0.2) is 4.98 Å². The number of nitrogens with one attached hydrogen (secondary N) is 1. The summed E-state index contributed by atoms with van der Waals surface area (Å²) in [5.74, 6) is 2.59. The van der Waals surface area contributed by atoms with Gasteiger partial charge in [0.1, 0.15) is 5.82 Å². The molecule has 0 radical (unpaired) electrons. The number of H-pyrrole nitrogens is 1. The summed E-state index contributed by atoms with van der Waals surface area (Å²) < 4.78 is 0. The van der Waals surface area contributed by atoms with Crippen LogP contribution >= 0.6 is 0 Å². The van der Waals surface area contributed by atoms with Crippen LogP contribution in [0.15, 0.2) is 24.3 Å². The fourth-order valence-corrected chi connectivity index (χ4v) is 4.98. The van der Waals surface area contributed by atoms with Crippen molar-refractivity contribution in [1.29, 1.82) is 0 Å². The number of aromatic nitrogens is 3. The number of likely N-dealkylation sites (tertiary alicyclic amines) is 1. The summed E-state index contributed by atoms with van der Waals surface area (Å²) >= 11 is 0. The molecule has 2 heterocycles. The third kappa shape index (κ3) is 3.28. The quantitative estimate of drug-likeness (QED) is 0.893. The van der Waals surface area contributed by atoms with E-state index in [1.807, 2.05) is 0 Å². The summed E-state index contributed by atoms with van der Waals surface area (Å²) in [4.78, 5) is 20.4. The number of aryl methyl sites for hydroxylation is 2. The van der Waals surface area contributed by atoms with Crippen LogP contribution in [0.3, 0.4) is 0 Å². The van der Waals surface area contributed by atoms with E-state index in [4.69, 9.17) is 0 Å². The molecule has 1 amide bonds. The van der Waals surface area contributed by atoms with Gasteiger partial charge in [0.05, 0.1) is 5.41 Å². The maximum Gasteiger partial charge on any atom is 0.233 e. The van der Waals surface area contributed by atoms with Gasteiger partial charge in [0.2, 0.25) is 5.91 Å². The van der Waals surface area contributed by atoms with Gasteiger partial charge in [-0.2, -0.15) is 5.10 Å². The lowest BCUT2D eigenvalue weighted by Gasteiger charge is -2.39. The Morgan fingerprint density at radius 2 is 1.93 bits per heavy atom. The van der Waals surface area contributed by atoms with E-state index in [1.54, 1.807) is 0 Å². The Labute approximate surface area is 161 Å². The Morgan fingerprint density at radius 3 is 2.56 bits per heavy atom. The molecule has 0 atom stereocenters. The number of carbonyl (C=O) groups excluding carboxylic acids is 1. The van der Waals surface area contributed by atoms with Gasteiger partial charge in [-0.15, -0.1) is 0 Å². The molecule has 2 aromatic rings. The fourth-order valence-electron chi connectivity index (χ4n) is 4.98. The molecule has 0 bridgehead atoms. The summed E-state index contributed by atoms with van der Waals surface area (Å²) in [6, 6.07) is 8.46. The Kier molecular flexibility index (Phi) is 5.02. The van der Waals surface area contributed by atoms with E-state index in [9.17, 15) is 4.79 Å². The third-order valence-electron chi connectivity index (χ3n) is 6.56. The van der Waals surface area contributed by atoms with E-state index in [0.717, 1.165) is 69.7 Å². The highest BCUT2D eigenvalue weighted by Crippen LogP contribution is 2.44. The number of amides is 1. The van der Waals surface area contributed by atoms with Gasteiger partial charge in [-0.05, 0) is 43.7 Å². The standard InChI is InChI=1S/C22H30N4O/c1-3-19-23-20(25-24-19)17-10-14-26(15-11-17)21(27)22(12-6-7-13-22)18-9-5-4-8-16(18)2/h4-5,8-9,17H,3,6-7,10-15H2,1-2H3,(H,23,24,25). The van der Waals surface area contributed by atoms with E-state index < -0.39 is 0 Å². The van der Waals surface area contributed by atoms with Gasteiger partial charge >= 0.3 is 0 Å². The highest BCUT2D eigenvalue weighted by Gasteiger charge is 2.46. The van der Waals surface area contributed by atoms with Crippen LogP contribution < -0.4 is 0 Å². The van der Waals surface area contributed by atoms with Crippen molar-refractivity contribution in [3.63, 3.8) is 0 Å². The smallest absolute Gasteiger partial charge is 0.233 e. The monoisotopic (exact) mass is 366 g/mol. The minimum absolute atomic E-state index is 0.307. The Bertz CT molecular complexity index is 798. The van der Waals surface area contributed by atoms with Crippen LogP contribution in [0.4, 0.5) is 0 Å². The minimum atomic E-state index is -0.307. The molecule has 2 fully saturated rings. The normalized spacial score (nSPS) is 20.1. The number of hydrogen-bond acceptors (Lipinski definition) is 3. The Balaban J connectivity index is 1.50. The van der Waals surface area contributed by atoms with E-state index >= 15 is 0 Å². The van der Waals surface area contributed by atoms with Crippen molar-refractivity contribution in [2.24, 2.45) is 0 Å². The molecule has 1 aliphatic heterocycles. The summed E-state index contributed by atoms with van der Waals surface area (Å²) in [6.45, 7) is 5.85. The zero-order valence-electron chi connectivity index (χ0n) is 16.5. The molecule has 0 unspecified atom stereocenters. The van der Waals surface area contributed by atoms with Crippen LogP contribution in [0, 0.1) is 6.92 Å². The van der Waals surface area contributed by atoms with Crippen LogP contribution in [0.5, 0.6) is 0 Å². The van der Waals surface area contributed by atoms with Gasteiger partial charge in [-0.3, -0.25) is 9.89 Å². The molecule has 1 saturated heterocycles. The Morgan fingerprint density at radius 1 is 1.22 bits per heavy atom. The molecular weight excluding hydrogens is 336 g/mol. The number of benzene rings is 1. The summed E-state index contributed by atoms with van der Waals surface area (Å²) in [7, 11) is 0. The van der Waals surface area contributed by atoms with Crippen molar-refractivity contribution in [3.05, 3.63) is 47.0 Å². The van der Waals surface area contributed by atoms with E-state index in [-0.39, 0.29) is 5.41 Å². The highest BCUT2D eigenvalue weighted by molar-refractivity contribution is 5.89. The topological polar surface area (TPSA) is 61.9 Å². The molecule has 27 heavy (non-hydrogen) atoms. The molecule has 1 aliphatic carbocycles. The maximum absolute atomic E-state index is 13.7. The SMILES string of the molecule is CCc1nc(C2CCN(C(=O)C3(c4ccccc4C)CCCC3)CC2)n[nH]1. The van der Waals surface area contributed by atoms with Crippen molar-refractivity contribution >= 4 is 5.91 Å². The first-order chi connectivity index (χ1) is 13.1. The lowest BCUT2D eigenvalue weighted by Crippen LogP contribution is -2.48. The second kappa shape index (κ2) is 7.45. The largest absolute Gasteiger partial charge is 0.342 e. The summed E-state index contributed by atoms with van der Waals surface area (Å²) in [5, 5.41) is 7.41. The number of rotatable bonds is 4. The van der Waals surface area contributed by atoms with Crippen molar-refractivity contribution in [3.8, 4) is 0 Å². The lowest BCUT2D eigenvalue weighted by atomic mass is 9.75. The average molecular weight is 367 g/mol. The maximum atomic E-state index is 13.7. The molecule has 1 saturated carbocycles. The molecule has 144 valence electrons. The van der Waals surface area contributed by atoms with Gasteiger partial charge < -0.3 is 4.90 Å². The molecule has 1 N–H and O–H groups in total. The molecule has 0 spiro atoms. The van der Waals surface area contributed by atoms with Crippen molar-refractivity contribution in [2.75, 3.05) is 13.1 Å². The molecule has 5 heteroatoms. The summed E-state index contributed by atoms with van der Waals surface area (Å²) in [5.41, 5.74) is 2.18. The van der Waals surface area contributed by atoms with E-state index in [2.05, 4.69) is 58.2 Å². The van der Waals surface area contributed by atoms with Crippen LogP contribution in [0.1, 0.15) is 74.1 Å². The zero-order valence-corrected chi connectivity index (χ0v) is 16.5. The molecule has 1 aromatic heterocycles. The van der Waals surface area contributed by atoms with Crippen LogP contribution in [0.2, 0.25) is 0 Å². The van der Waals surface area contributed by atoms with Crippen LogP contribution in [-0.4, -0.2) is 39.1 Å². The Hall–Kier alpha value is -2.17. The number of aromatic amines is 1. The fraction of sp³-hybridized carbons (Fsp3) is 0.591. The van der Waals surface area contributed by atoms with E-state index in [1.165, 1.54) is 11.1 Å². The van der Waals surface area contributed by atoms with Crippen molar-refractivity contribution in [1.82, 2.24) is 20.1 Å². The highest BCUT2D eigenvalue weighted by atomic mass is 16.2. The number of nitrogens with zero attached hydrogens (tertiary/aromatic N) is 3. The number of carbonyl (C=O) groups is 1. The first-order valence-electron chi connectivity index (χ1n) is 10.4. The molecule has 1 aromatic carbocycles. The van der Waals surface area contributed by atoms with Crippen LogP contribution in [-0.2, 0) is 16.6 Å². The zero-order chi connectivity index (χ0) is 18.9. The average Bonchev–Trinajstić information content (AvgIpc) is 3.38.